The largest absolute Gasteiger partial charge is 0.297 e. The van der Waals surface area contributed by atoms with Crippen molar-refractivity contribution in [2.75, 3.05) is 13.1 Å². The molecule has 1 aliphatic rings. The zero-order valence-electron chi connectivity index (χ0n) is 11.6. The highest BCUT2D eigenvalue weighted by Gasteiger charge is 2.19. The lowest BCUT2D eigenvalue weighted by molar-refractivity contribution is 0.263. The van der Waals surface area contributed by atoms with Gasteiger partial charge in [0.05, 0.1) is 12.4 Å². The van der Waals surface area contributed by atoms with Crippen molar-refractivity contribution in [3.05, 3.63) is 48.0 Å². The average molecular weight is 271 g/mol. The Bertz CT molecular complexity index is 559. The molecule has 0 amide bonds. The molecule has 3 rings (SSSR count). The summed E-state index contributed by atoms with van der Waals surface area (Å²) in [6.45, 7) is 4.61. The van der Waals surface area contributed by atoms with Crippen molar-refractivity contribution in [1.29, 1.82) is 0 Å². The molecule has 0 unspecified atom stereocenters. The Kier molecular flexibility index (Phi) is 3.74. The van der Waals surface area contributed by atoms with Gasteiger partial charge in [-0.05, 0) is 38.4 Å². The van der Waals surface area contributed by atoms with Crippen LogP contribution in [0.5, 0.6) is 0 Å². The van der Waals surface area contributed by atoms with Crippen LogP contribution < -0.4 is 0 Å². The van der Waals surface area contributed by atoms with Crippen molar-refractivity contribution in [2.45, 2.75) is 25.8 Å². The first-order chi connectivity index (χ1) is 9.74. The van der Waals surface area contributed by atoms with E-state index in [1.165, 1.54) is 43.9 Å². The molecule has 1 aromatic heterocycles. The lowest BCUT2D eigenvalue weighted by atomic mass is 10.0. The predicted octanol–water partition coefficient (Wildman–Crippen LogP) is 3.44. The van der Waals surface area contributed by atoms with Gasteiger partial charge < -0.3 is 0 Å². The van der Waals surface area contributed by atoms with Crippen LogP contribution in [0.15, 0.2) is 36.7 Å². The zero-order chi connectivity index (χ0) is 13.9. The third kappa shape index (κ3) is 2.70. The molecule has 104 valence electrons. The SMILES string of the molecule is C[C@H](c1ccc(-c2ncc(F)cn2)cc1)N1CCCC1. The topological polar surface area (TPSA) is 29.0 Å². The van der Waals surface area contributed by atoms with Crippen LogP contribution in [0.25, 0.3) is 11.4 Å². The van der Waals surface area contributed by atoms with Crippen molar-refractivity contribution in [3.8, 4) is 11.4 Å². The van der Waals surface area contributed by atoms with E-state index in [0.717, 1.165) is 5.56 Å². The molecule has 1 atom stereocenters. The summed E-state index contributed by atoms with van der Waals surface area (Å²) < 4.78 is 12.8. The Labute approximate surface area is 118 Å². The van der Waals surface area contributed by atoms with Gasteiger partial charge in [-0.1, -0.05) is 24.3 Å². The molecule has 4 heteroatoms. The standard InChI is InChI=1S/C16H18FN3/c1-12(20-8-2-3-9-20)13-4-6-14(7-5-13)16-18-10-15(17)11-19-16/h4-7,10-12H,2-3,8-9H2,1H3/t12-/m1/s1. The summed E-state index contributed by atoms with van der Waals surface area (Å²) in [5.74, 6) is 0.153. The summed E-state index contributed by atoms with van der Waals surface area (Å²) >= 11 is 0. The fourth-order valence-electron chi connectivity index (χ4n) is 2.71. The van der Waals surface area contributed by atoms with E-state index in [4.69, 9.17) is 0 Å². The summed E-state index contributed by atoms with van der Waals surface area (Å²) in [6, 6.07) is 8.70. The molecule has 0 N–H and O–H groups in total. The lowest BCUT2D eigenvalue weighted by Gasteiger charge is -2.24. The van der Waals surface area contributed by atoms with Crippen LogP contribution >= 0.6 is 0 Å². The molecule has 0 radical (unpaired) electrons. The maximum Gasteiger partial charge on any atom is 0.159 e. The van der Waals surface area contributed by atoms with Gasteiger partial charge >= 0.3 is 0 Å². The molecule has 3 nitrogen and oxygen atoms in total. The molecule has 2 heterocycles. The molecule has 1 fully saturated rings. The molecule has 20 heavy (non-hydrogen) atoms. The Morgan fingerprint density at radius 2 is 1.65 bits per heavy atom. The summed E-state index contributed by atoms with van der Waals surface area (Å²) in [5.41, 5.74) is 2.22. The molecule has 0 bridgehead atoms. The predicted molar refractivity (Wildman–Crippen MR) is 76.6 cm³/mol. The molecule has 0 spiro atoms. The number of hydrogen-bond acceptors (Lipinski definition) is 3. The lowest BCUT2D eigenvalue weighted by Crippen LogP contribution is -2.23. The van der Waals surface area contributed by atoms with E-state index in [1.807, 2.05) is 12.1 Å². The molecule has 2 aromatic rings. The van der Waals surface area contributed by atoms with E-state index in [1.54, 1.807) is 0 Å². The van der Waals surface area contributed by atoms with Crippen molar-refractivity contribution in [1.82, 2.24) is 14.9 Å². The van der Waals surface area contributed by atoms with Crippen molar-refractivity contribution < 1.29 is 4.39 Å². The number of rotatable bonds is 3. The highest BCUT2D eigenvalue weighted by molar-refractivity contribution is 5.55. The number of hydrogen-bond donors (Lipinski definition) is 0. The second kappa shape index (κ2) is 5.67. The summed E-state index contributed by atoms with van der Waals surface area (Å²) in [4.78, 5) is 10.5. The molecular weight excluding hydrogens is 253 g/mol. The third-order valence-corrected chi connectivity index (χ3v) is 3.96. The molecular formula is C16H18FN3. The maximum absolute atomic E-state index is 12.8. The highest BCUT2D eigenvalue weighted by Crippen LogP contribution is 2.26. The van der Waals surface area contributed by atoms with Crippen LogP contribution in [-0.2, 0) is 0 Å². The third-order valence-electron chi connectivity index (χ3n) is 3.96. The molecule has 0 aliphatic carbocycles. The van der Waals surface area contributed by atoms with Gasteiger partial charge in [0.2, 0.25) is 0 Å². The molecule has 1 saturated heterocycles. The molecule has 0 saturated carbocycles. The Balaban J connectivity index is 1.78. The summed E-state index contributed by atoms with van der Waals surface area (Å²) in [5, 5.41) is 0. The van der Waals surface area contributed by atoms with Crippen LogP contribution in [0.3, 0.4) is 0 Å². The number of aromatic nitrogens is 2. The average Bonchev–Trinajstić information content (AvgIpc) is 3.02. The fourth-order valence-corrected chi connectivity index (χ4v) is 2.71. The van der Waals surface area contributed by atoms with Crippen LogP contribution in [0.2, 0.25) is 0 Å². The number of likely N-dealkylation sites (tertiary alicyclic amines) is 1. The summed E-state index contributed by atoms with van der Waals surface area (Å²) in [7, 11) is 0. The minimum atomic E-state index is -0.409. The van der Waals surface area contributed by atoms with Gasteiger partial charge in [-0.3, -0.25) is 4.90 Å². The van der Waals surface area contributed by atoms with Gasteiger partial charge in [-0.2, -0.15) is 0 Å². The normalized spacial score (nSPS) is 17.3. The van der Waals surface area contributed by atoms with E-state index >= 15 is 0 Å². The first-order valence-corrected chi connectivity index (χ1v) is 7.06. The Hall–Kier alpha value is -1.81. The second-order valence-corrected chi connectivity index (χ2v) is 5.27. The van der Waals surface area contributed by atoms with E-state index in [9.17, 15) is 4.39 Å². The van der Waals surface area contributed by atoms with Gasteiger partial charge in [0.25, 0.3) is 0 Å². The number of nitrogens with zero attached hydrogens (tertiary/aromatic N) is 3. The Morgan fingerprint density at radius 3 is 2.25 bits per heavy atom. The zero-order valence-corrected chi connectivity index (χ0v) is 11.6. The van der Waals surface area contributed by atoms with Crippen molar-refractivity contribution in [3.63, 3.8) is 0 Å². The smallest absolute Gasteiger partial charge is 0.159 e. The van der Waals surface area contributed by atoms with Crippen LogP contribution in [0.4, 0.5) is 4.39 Å². The van der Waals surface area contributed by atoms with E-state index in [2.05, 4.69) is 33.9 Å². The summed E-state index contributed by atoms with van der Waals surface area (Å²) in [6.07, 6.45) is 4.99. The monoisotopic (exact) mass is 271 g/mol. The van der Waals surface area contributed by atoms with Gasteiger partial charge in [-0.15, -0.1) is 0 Å². The quantitative estimate of drug-likeness (QED) is 0.856. The van der Waals surface area contributed by atoms with Crippen LogP contribution in [-0.4, -0.2) is 28.0 Å². The minimum absolute atomic E-state index is 0.409. The van der Waals surface area contributed by atoms with E-state index in [0.29, 0.717) is 11.9 Å². The highest BCUT2D eigenvalue weighted by atomic mass is 19.1. The van der Waals surface area contributed by atoms with Crippen LogP contribution in [0, 0.1) is 5.82 Å². The van der Waals surface area contributed by atoms with E-state index in [-0.39, 0.29) is 0 Å². The maximum atomic E-state index is 12.8. The first kappa shape index (κ1) is 13.2. The second-order valence-electron chi connectivity index (χ2n) is 5.27. The molecule has 1 aliphatic heterocycles. The van der Waals surface area contributed by atoms with Gasteiger partial charge in [0.1, 0.15) is 0 Å². The fraction of sp³-hybridized carbons (Fsp3) is 0.375. The number of benzene rings is 1. The minimum Gasteiger partial charge on any atom is -0.297 e. The van der Waals surface area contributed by atoms with Crippen molar-refractivity contribution in [2.24, 2.45) is 0 Å². The van der Waals surface area contributed by atoms with Crippen molar-refractivity contribution >= 4 is 0 Å². The van der Waals surface area contributed by atoms with Crippen LogP contribution in [0.1, 0.15) is 31.4 Å². The first-order valence-electron chi connectivity index (χ1n) is 7.06. The van der Waals surface area contributed by atoms with Gasteiger partial charge in [0.15, 0.2) is 11.6 Å². The molecule has 1 aromatic carbocycles. The van der Waals surface area contributed by atoms with Gasteiger partial charge in [-0.25, -0.2) is 14.4 Å². The number of halogens is 1. The Morgan fingerprint density at radius 1 is 1.05 bits per heavy atom. The van der Waals surface area contributed by atoms with Gasteiger partial charge in [0, 0.05) is 11.6 Å². The van der Waals surface area contributed by atoms with E-state index < -0.39 is 5.82 Å².